The Labute approximate surface area is 90.0 Å². The van der Waals surface area contributed by atoms with E-state index in [0.29, 0.717) is 6.61 Å². The summed E-state index contributed by atoms with van der Waals surface area (Å²) in [5.74, 6) is -0.0805. The fourth-order valence-corrected chi connectivity index (χ4v) is 2.70. The van der Waals surface area contributed by atoms with Crippen molar-refractivity contribution in [3.8, 4) is 0 Å². The van der Waals surface area contributed by atoms with E-state index in [0.717, 1.165) is 19.3 Å². The van der Waals surface area contributed by atoms with E-state index in [1.54, 1.807) is 0 Å². The molecular weight excluding hydrogens is 195 g/mol. The molecule has 2 unspecified atom stereocenters. The van der Waals surface area contributed by atoms with Crippen LogP contribution in [0.5, 0.6) is 0 Å². The van der Waals surface area contributed by atoms with Gasteiger partial charge in [-0.25, -0.2) is 0 Å². The van der Waals surface area contributed by atoms with Crippen LogP contribution in [0.25, 0.3) is 0 Å². The number of carbonyl (C=O) groups is 1. The van der Waals surface area contributed by atoms with Gasteiger partial charge in [0.2, 0.25) is 0 Å². The largest absolute Gasteiger partial charge is 0.466 e. The summed E-state index contributed by atoms with van der Waals surface area (Å²) in [5, 5.41) is 0. The molecular formula is C11H23O2P. The molecule has 0 radical (unpaired) electrons. The summed E-state index contributed by atoms with van der Waals surface area (Å²) in [6.45, 7) is 8.74. The zero-order valence-electron chi connectivity index (χ0n) is 9.80. The topological polar surface area (TPSA) is 26.3 Å². The maximum Gasteiger partial charge on any atom is 0.313 e. The van der Waals surface area contributed by atoms with Crippen LogP contribution in [0.4, 0.5) is 0 Å². The molecule has 3 heteroatoms. The maximum atomic E-state index is 11.6. The van der Waals surface area contributed by atoms with Gasteiger partial charge in [0.15, 0.2) is 0 Å². The number of hydrogen-bond acceptors (Lipinski definition) is 2. The summed E-state index contributed by atoms with van der Waals surface area (Å²) in [4.78, 5) is 11.6. The second-order valence-corrected chi connectivity index (χ2v) is 4.32. The fourth-order valence-electron chi connectivity index (χ4n) is 1.89. The van der Waals surface area contributed by atoms with E-state index < -0.39 is 0 Å². The molecule has 0 spiro atoms. The molecule has 0 bridgehead atoms. The molecule has 84 valence electrons. The number of ether oxygens (including phenoxy) is 1. The molecule has 0 fully saturated rings. The molecule has 0 aromatic heterocycles. The van der Waals surface area contributed by atoms with Crippen LogP contribution in [0.3, 0.4) is 0 Å². The van der Waals surface area contributed by atoms with E-state index in [4.69, 9.17) is 4.74 Å². The summed E-state index contributed by atoms with van der Waals surface area (Å²) in [7, 11) is 2.65. The minimum absolute atomic E-state index is 0.0672. The van der Waals surface area contributed by atoms with Gasteiger partial charge in [-0.15, -0.1) is 9.24 Å². The van der Waals surface area contributed by atoms with E-state index in [-0.39, 0.29) is 17.0 Å². The summed E-state index contributed by atoms with van der Waals surface area (Å²) in [5.41, 5.74) is 0.0270. The van der Waals surface area contributed by atoms with Gasteiger partial charge in [0.05, 0.1) is 12.3 Å². The first-order chi connectivity index (χ1) is 6.57. The van der Waals surface area contributed by atoms with Crippen molar-refractivity contribution in [2.75, 3.05) is 6.61 Å². The summed E-state index contributed by atoms with van der Waals surface area (Å²) < 4.78 is 5.06. The Bertz CT molecular complexity index is 168. The van der Waals surface area contributed by atoms with E-state index >= 15 is 0 Å². The van der Waals surface area contributed by atoms with Crippen molar-refractivity contribution in [2.45, 2.75) is 52.6 Å². The van der Waals surface area contributed by atoms with E-state index in [1.807, 2.05) is 6.92 Å². The van der Waals surface area contributed by atoms with Crippen molar-refractivity contribution in [3.63, 3.8) is 0 Å². The minimum Gasteiger partial charge on any atom is -0.466 e. The van der Waals surface area contributed by atoms with Crippen LogP contribution in [0.15, 0.2) is 0 Å². The predicted octanol–water partition coefficient (Wildman–Crippen LogP) is 3.01. The van der Waals surface area contributed by atoms with Crippen molar-refractivity contribution < 1.29 is 9.53 Å². The third-order valence-corrected chi connectivity index (χ3v) is 4.29. The third kappa shape index (κ3) is 2.95. The lowest BCUT2D eigenvalue weighted by Crippen LogP contribution is -2.36. The van der Waals surface area contributed by atoms with Gasteiger partial charge < -0.3 is 4.74 Å². The van der Waals surface area contributed by atoms with Gasteiger partial charge in [-0.05, 0) is 31.6 Å². The van der Waals surface area contributed by atoms with Gasteiger partial charge in [-0.2, -0.15) is 0 Å². The Balaban J connectivity index is 4.57. The number of hydrogen-bond donors (Lipinski definition) is 0. The molecule has 0 aliphatic rings. The number of carbonyl (C=O) groups excluding carboxylic acids is 1. The highest BCUT2D eigenvalue weighted by atomic mass is 31.0. The first-order valence-electron chi connectivity index (χ1n) is 5.50. The lowest BCUT2D eigenvalue weighted by atomic mass is 9.76. The van der Waals surface area contributed by atoms with Crippen LogP contribution in [-0.4, -0.2) is 18.2 Å². The SMILES string of the molecule is CCOC(=O)C(P)C(CC)(CC)CC. The second-order valence-electron chi connectivity index (χ2n) is 3.65. The maximum absolute atomic E-state index is 11.6. The minimum atomic E-state index is -0.0805. The van der Waals surface area contributed by atoms with Crippen molar-refractivity contribution in [2.24, 2.45) is 5.41 Å². The second kappa shape index (κ2) is 6.40. The fraction of sp³-hybridized carbons (Fsp3) is 0.909. The van der Waals surface area contributed by atoms with Crippen LogP contribution in [-0.2, 0) is 9.53 Å². The highest BCUT2D eigenvalue weighted by Crippen LogP contribution is 2.39. The van der Waals surface area contributed by atoms with Gasteiger partial charge in [-0.3, -0.25) is 4.79 Å². The molecule has 0 saturated heterocycles. The molecule has 0 heterocycles. The molecule has 2 nitrogen and oxygen atoms in total. The van der Waals surface area contributed by atoms with E-state index in [2.05, 4.69) is 30.0 Å². The highest BCUT2D eigenvalue weighted by Gasteiger charge is 2.36. The smallest absolute Gasteiger partial charge is 0.313 e. The summed E-state index contributed by atoms with van der Waals surface area (Å²) in [6.07, 6.45) is 3.06. The lowest BCUT2D eigenvalue weighted by molar-refractivity contribution is -0.145. The molecule has 14 heavy (non-hydrogen) atoms. The first kappa shape index (κ1) is 13.9. The Morgan fingerprint density at radius 2 is 1.64 bits per heavy atom. The molecule has 0 saturated carbocycles. The Kier molecular flexibility index (Phi) is 6.35. The van der Waals surface area contributed by atoms with Crippen molar-refractivity contribution >= 4 is 15.2 Å². The molecule has 0 N–H and O–H groups in total. The molecule has 2 atom stereocenters. The Hall–Kier alpha value is -0.100. The van der Waals surface area contributed by atoms with Crippen molar-refractivity contribution in [1.82, 2.24) is 0 Å². The highest BCUT2D eigenvalue weighted by molar-refractivity contribution is 7.19. The number of esters is 1. The standard InChI is InChI=1S/C11H23O2P/c1-5-11(6-2,7-3)9(14)10(12)13-8-4/h9H,5-8,14H2,1-4H3. The van der Waals surface area contributed by atoms with Gasteiger partial charge in [0, 0.05) is 0 Å². The summed E-state index contributed by atoms with van der Waals surface area (Å²) >= 11 is 0. The molecule has 0 aliphatic heterocycles. The zero-order chi connectivity index (χ0) is 11.2. The van der Waals surface area contributed by atoms with Crippen molar-refractivity contribution in [1.29, 1.82) is 0 Å². The average molecular weight is 218 g/mol. The molecule has 0 aromatic rings. The quantitative estimate of drug-likeness (QED) is 0.506. The van der Waals surface area contributed by atoms with Crippen LogP contribution < -0.4 is 0 Å². The van der Waals surface area contributed by atoms with Crippen LogP contribution in [0, 0.1) is 5.41 Å². The lowest BCUT2D eigenvalue weighted by Gasteiger charge is -2.35. The normalized spacial score (nSPS) is 13.8. The van der Waals surface area contributed by atoms with Crippen LogP contribution in [0.2, 0.25) is 0 Å². The predicted molar refractivity (Wildman–Crippen MR) is 63.4 cm³/mol. The van der Waals surface area contributed by atoms with E-state index in [9.17, 15) is 4.79 Å². The van der Waals surface area contributed by atoms with Gasteiger partial charge in [0.25, 0.3) is 0 Å². The molecule has 0 aliphatic carbocycles. The number of rotatable bonds is 6. The van der Waals surface area contributed by atoms with Gasteiger partial charge >= 0.3 is 5.97 Å². The Morgan fingerprint density at radius 1 is 1.21 bits per heavy atom. The van der Waals surface area contributed by atoms with Crippen molar-refractivity contribution in [3.05, 3.63) is 0 Å². The molecule has 0 aromatic carbocycles. The van der Waals surface area contributed by atoms with Gasteiger partial charge in [-0.1, -0.05) is 20.8 Å². The molecule has 0 amide bonds. The van der Waals surface area contributed by atoms with Crippen LogP contribution in [0.1, 0.15) is 47.0 Å². The molecule has 0 rings (SSSR count). The van der Waals surface area contributed by atoms with Gasteiger partial charge in [0.1, 0.15) is 0 Å². The van der Waals surface area contributed by atoms with Crippen LogP contribution >= 0.6 is 9.24 Å². The Morgan fingerprint density at radius 3 is 1.93 bits per heavy atom. The third-order valence-electron chi connectivity index (χ3n) is 3.31. The van der Waals surface area contributed by atoms with E-state index in [1.165, 1.54) is 0 Å². The average Bonchev–Trinajstić information content (AvgIpc) is 2.21. The summed E-state index contributed by atoms with van der Waals surface area (Å²) in [6, 6.07) is 0. The first-order valence-corrected chi connectivity index (χ1v) is 6.16. The monoisotopic (exact) mass is 218 g/mol. The zero-order valence-corrected chi connectivity index (χ0v) is 11.0.